The number of hydrogen-bond acceptors (Lipinski definition) is 3. The molecule has 0 saturated carbocycles. The summed E-state index contributed by atoms with van der Waals surface area (Å²) in [6.45, 7) is 4.56. The predicted octanol–water partition coefficient (Wildman–Crippen LogP) is 1.96. The van der Waals surface area contributed by atoms with E-state index >= 15 is 0 Å². The Kier molecular flexibility index (Phi) is 6.51. The molecule has 0 spiro atoms. The maximum atomic E-state index is 12.0. The van der Waals surface area contributed by atoms with E-state index < -0.39 is 0 Å². The van der Waals surface area contributed by atoms with Gasteiger partial charge in [0.25, 0.3) is 5.91 Å². The van der Waals surface area contributed by atoms with E-state index in [-0.39, 0.29) is 18.4 Å². The molecular weight excluding hydrogens is 324 g/mol. The van der Waals surface area contributed by atoms with Gasteiger partial charge in [-0.2, -0.15) is 0 Å². The molecule has 0 aliphatic heterocycles. The van der Waals surface area contributed by atoms with Crippen LogP contribution in [0.5, 0.6) is 5.75 Å². The number of rotatable bonds is 6. The first-order chi connectivity index (χ1) is 9.43. The largest absolute Gasteiger partial charge is 0.497 e. The fraction of sp³-hybridized carbons (Fsp3) is 0.429. The van der Waals surface area contributed by atoms with Gasteiger partial charge in [0.05, 0.1) is 19.2 Å². The zero-order valence-corrected chi connectivity index (χ0v) is 13.4. The third kappa shape index (κ3) is 5.21. The molecule has 0 fully saturated rings. The van der Waals surface area contributed by atoms with E-state index in [1.807, 2.05) is 13.8 Å². The average Bonchev–Trinajstić information content (AvgIpc) is 2.43. The highest BCUT2D eigenvalue weighted by Gasteiger charge is 2.12. The van der Waals surface area contributed by atoms with Gasteiger partial charge in [0, 0.05) is 11.0 Å². The van der Waals surface area contributed by atoms with Crippen LogP contribution in [0.4, 0.5) is 0 Å². The second-order valence-electron chi connectivity index (χ2n) is 4.73. The molecule has 1 rings (SSSR count). The standard InChI is InChI=1S/C14H19BrN2O3/c1-9(2)7-16-13(18)8-17-14(19)11-6-10(20-3)4-5-12(11)15/h4-6,9H,7-8H2,1-3H3,(H,16,18)(H,17,19). The number of carbonyl (C=O) groups excluding carboxylic acids is 2. The van der Waals surface area contributed by atoms with Crippen LogP contribution in [-0.4, -0.2) is 32.0 Å². The van der Waals surface area contributed by atoms with Gasteiger partial charge in [0.1, 0.15) is 5.75 Å². The zero-order valence-electron chi connectivity index (χ0n) is 11.8. The van der Waals surface area contributed by atoms with Crippen LogP contribution in [0.25, 0.3) is 0 Å². The van der Waals surface area contributed by atoms with Crippen molar-refractivity contribution in [1.29, 1.82) is 0 Å². The van der Waals surface area contributed by atoms with Crippen LogP contribution in [0.15, 0.2) is 22.7 Å². The Morgan fingerprint density at radius 2 is 2.00 bits per heavy atom. The summed E-state index contributed by atoms with van der Waals surface area (Å²) in [6.07, 6.45) is 0. The molecule has 0 atom stereocenters. The van der Waals surface area contributed by atoms with Crippen molar-refractivity contribution in [3.8, 4) is 5.75 Å². The number of methoxy groups -OCH3 is 1. The molecule has 1 aromatic carbocycles. The fourth-order valence-corrected chi connectivity index (χ4v) is 1.87. The molecule has 0 bridgehead atoms. The average molecular weight is 343 g/mol. The fourth-order valence-electron chi connectivity index (χ4n) is 1.44. The molecule has 1 aromatic rings. The first-order valence-corrected chi connectivity index (χ1v) is 7.11. The van der Waals surface area contributed by atoms with E-state index in [1.165, 1.54) is 7.11 Å². The molecule has 0 radical (unpaired) electrons. The van der Waals surface area contributed by atoms with Gasteiger partial charge in [-0.1, -0.05) is 13.8 Å². The lowest BCUT2D eigenvalue weighted by Gasteiger charge is -2.10. The Bertz CT molecular complexity index is 489. The maximum absolute atomic E-state index is 12.0. The molecule has 20 heavy (non-hydrogen) atoms. The van der Waals surface area contributed by atoms with Crippen molar-refractivity contribution >= 4 is 27.7 Å². The van der Waals surface area contributed by atoms with Crippen molar-refractivity contribution in [2.45, 2.75) is 13.8 Å². The Labute approximate surface area is 127 Å². The summed E-state index contributed by atoms with van der Waals surface area (Å²) in [5.41, 5.74) is 0.431. The van der Waals surface area contributed by atoms with Gasteiger partial charge >= 0.3 is 0 Å². The van der Waals surface area contributed by atoms with Crippen molar-refractivity contribution in [3.05, 3.63) is 28.2 Å². The quantitative estimate of drug-likeness (QED) is 0.830. The van der Waals surface area contributed by atoms with Crippen LogP contribution in [0.3, 0.4) is 0 Å². The first kappa shape index (κ1) is 16.5. The molecule has 0 aliphatic carbocycles. The Hall–Kier alpha value is -1.56. The van der Waals surface area contributed by atoms with Gasteiger partial charge in [-0.3, -0.25) is 9.59 Å². The SMILES string of the molecule is COc1ccc(Br)c(C(=O)NCC(=O)NCC(C)C)c1. The van der Waals surface area contributed by atoms with E-state index in [9.17, 15) is 9.59 Å². The predicted molar refractivity (Wildman–Crippen MR) is 80.9 cm³/mol. The second-order valence-corrected chi connectivity index (χ2v) is 5.58. The number of halogens is 1. The van der Waals surface area contributed by atoms with Crippen molar-refractivity contribution in [2.24, 2.45) is 5.92 Å². The van der Waals surface area contributed by atoms with E-state index in [2.05, 4.69) is 26.6 Å². The van der Waals surface area contributed by atoms with Gasteiger partial charge in [0.2, 0.25) is 5.91 Å². The van der Waals surface area contributed by atoms with E-state index in [0.29, 0.717) is 28.2 Å². The highest BCUT2D eigenvalue weighted by molar-refractivity contribution is 9.10. The van der Waals surface area contributed by atoms with Gasteiger partial charge < -0.3 is 15.4 Å². The lowest BCUT2D eigenvalue weighted by Crippen LogP contribution is -2.38. The smallest absolute Gasteiger partial charge is 0.252 e. The van der Waals surface area contributed by atoms with E-state index in [0.717, 1.165) is 0 Å². The minimum atomic E-state index is -0.324. The summed E-state index contributed by atoms with van der Waals surface area (Å²) >= 11 is 3.30. The molecule has 6 heteroatoms. The summed E-state index contributed by atoms with van der Waals surface area (Å²) in [7, 11) is 1.53. The van der Waals surface area contributed by atoms with Crippen LogP contribution in [0.2, 0.25) is 0 Å². The highest BCUT2D eigenvalue weighted by atomic mass is 79.9. The topological polar surface area (TPSA) is 67.4 Å². The zero-order chi connectivity index (χ0) is 15.1. The molecule has 5 nitrogen and oxygen atoms in total. The van der Waals surface area contributed by atoms with Crippen molar-refractivity contribution < 1.29 is 14.3 Å². The van der Waals surface area contributed by atoms with Crippen LogP contribution >= 0.6 is 15.9 Å². The Balaban J connectivity index is 2.56. The van der Waals surface area contributed by atoms with Crippen molar-refractivity contribution in [2.75, 3.05) is 20.2 Å². The molecule has 0 heterocycles. The van der Waals surface area contributed by atoms with Crippen LogP contribution in [0, 0.1) is 5.92 Å². The molecule has 110 valence electrons. The van der Waals surface area contributed by atoms with Crippen LogP contribution in [-0.2, 0) is 4.79 Å². The van der Waals surface area contributed by atoms with Crippen molar-refractivity contribution in [3.63, 3.8) is 0 Å². The summed E-state index contributed by atoms with van der Waals surface area (Å²) in [6, 6.07) is 5.09. The van der Waals surface area contributed by atoms with E-state index in [1.54, 1.807) is 18.2 Å². The minimum Gasteiger partial charge on any atom is -0.497 e. The Morgan fingerprint density at radius 1 is 1.30 bits per heavy atom. The minimum absolute atomic E-state index is 0.0464. The van der Waals surface area contributed by atoms with Crippen LogP contribution in [0.1, 0.15) is 24.2 Å². The summed E-state index contributed by atoms with van der Waals surface area (Å²) in [5, 5.41) is 5.31. The molecule has 2 N–H and O–H groups in total. The molecule has 0 unspecified atom stereocenters. The second kappa shape index (κ2) is 7.89. The number of amides is 2. The summed E-state index contributed by atoms with van der Waals surface area (Å²) in [5.74, 6) is 0.436. The summed E-state index contributed by atoms with van der Waals surface area (Å²) < 4.78 is 5.72. The van der Waals surface area contributed by atoms with E-state index in [4.69, 9.17) is 4.74 Å². The molecule has 0 aromatic heterocycles. The summed E-state index contributed by atoms with van der Waals surface area (Å²) in [4.78, 5) is 23.5. The molecule has 0 saturated heterocycles. The van der Waals surface area contributed by atoms with Gasteiger partial charge in [-0.05, 0) is 40.0 Å². The number of carbonyl (C=O) groups is 2. The van der Waals surface area contributed by atoms with Gasteiger partial charge in [-0.15, -0.1) is 0 Å². The van der Waals surface area contributed by atoms with Gasteiger partial charge in [0.15, 0.2) is 0 Å². The van der Waals surface area contributed by atoms with Gasteiger partial charge in [-0.25, -0.2) is 0 Å². The lowest BCUT2D eigenvalue weighted by molar-refractivity contribution is -0.120. The maximum Gasteiger partial charge on any atom is 0.252 e. The Morgan fingerprint density at radius 3 is 2.60 bits per heavy atom. The van der Waals surface area contributed by atoms with Crippen LogP contribution < -0.4 is 15.4 Å². The first-order valence-electron chi connectivity index (χ1n) is 6.32. The highest BCUT2D eigenvalue weighted by Crippen LogP contribution is 2.22. The molecule has 2 amide bonds. The number of hydrogen-bond donors (Lipinski definition) is 2. The number of benzene rings is 1. The monoisotopic (exact) mass is 342 g/mol. The molecule has 0 aliphatic rings. The normalized spacial score (nSPS) is 10.2. The lowest BCUT2D eigenvalue weighted by atomic mass is 10.2. The number of nitrogens with one attached hydrogen (secondary N) is 2. The third-order valence-corrected chi connectivity index (χ3v) is 3.23. The van der Waals surface area contributed by atoms with Crippen molar-refractivity contribution in [1.82, 2.24) is 10.6 Å². The number of ether oxygens (including phenoxy) is 1. The molecular formula is C14H19BrN2O3. The third-order valence-electron chi connectivity index (χ3n) is 2.54.